The number of likely N-dealkylation sites (N-methyl/N-ethyl adjacent to an activating group) is 1. The summed E-state index contributed by atoms with van der Waals surface area (Å²) in [5, 5.41) is 21.8. The fourth-order valence-electron chi connectivity index (χ4n) is 8.06. The third kappa shape index (κ3) is 20.4. The number of rotatable bonds is 31. The molecular weight excluding hydrogens is 909 g/mol. The van der Waals surface area contributed by atoms with E-state index in [1.165, 1.54) is 11.3 Å². The highest BCUT2D eigenvalue weighted by molar-refractivity contribution is 7.09. The van der Waals surface area contributed by atoms with E-state index in [2.05, 4.69) is 50.3 Å². The highest BCUT2D eigenvalue weighted by Crippen LogP contribution is 2.32. The number of thiazole rings is 1. The summed E-state index contributed by atoms with van der Waals surface area (Å²) in [6, 6.07) is 4.78. The van der Waals surface area contributed by atoms with Gasteiger partial charge in [-0.25, -0.2) is 15.2 Å². The van der Waals surface area contributed by atoms with Crippen LogP contribution < -0.4 is 21.5 Å². The van der Waals surface area contributed by atoms with Gasteiger partial charge in [0.05, 0.1) is 32.5 Å². The Hall–Kier alpha value is -5.05. The first-order chi connectivity index (χ1) is 33.1. The quantitative estimate of drug-likeness (QED) is 0.0180. The molecule has 1 unspecified atom stereocenters. The molecule has 0 saturated carbocycles. The number of benzene rings is 1. The highest BCUT2D eigenvalue weighted by atomic mass is 32.1. The summed E-state index contributed by atoms with van der Waals surface area (Å²) in [7, 11) is 1.97. The zero-order valence-corrected chi connectivity index (χ0v) is 42.8. The maximum atomic E-state index is 14.8. The van der Waals surface area contributed by atoms with Crippen molar-refractivity contribution >= 4 is 41.1 Å². The molecule has 0 spiro atoms. The third-order valence-corrected chi connectivity index (χ3v) is 13.1. The minimum absolute atomic E-state index is 0.0225. The number of aromatic nitrogens is 1. The molecule has 0 aliphatic carbocycles. The van der Waals surface area contributed by atoms with Crippen LogP contribution in [0.4, 0.5) is 4.79 Å². The summed E-state index contributed by atoms with van der Waals surface area (Å²) in [6.45, 7) is 16.7. The number of hydrazine groups is 1. The number of azide groups is 1. The summed E-state index contributed by atoms with van der Waals surface area (Å²) in [5.74, 6) is -1.85. The van der Waals surface area contributed by atoms with Gasteiger partial charge in [-0.3, -0.25) is 29.5 Å². The van der Waals surface area contributed by atoms with E-state index >= 15 is 0 Å². The Bertz CT molecular complexity index is 1920. The monoisotopic (exact) mass is 987 g/mol. The van der Waals surface area contributed by atoms with Crippen molar-refractivity contribution in [3.8, 4) is 5.75 Å². The van der Waals surface area contributed by atoms with Gasteiger partial charge >= 0.3 is 6.09 Å². The number of nitrogens with zero attached hydrogens (tertiary/aromatic N) is 6. The van der Waals surface area contributed by atoms with Gasteiger partial charge in [0.2, 0.25) is 17.7 Å². The first-order valence-corrected chi connectivity index (χ1v) is 25.4. The topological polar surface area (TPSA) is 259 Å². The minimum Gasteiger partial charge on any atom is -0.508 e. The van der Waals surface area contributed by atoms with Crippen molar-refractivity contribution < 1.29 is 48.0 Å². The summed E-state index contributed by atoms with van der Waals surface area (Å²) >= 11 is 1.30. The van der Waals surface area contributed by atoms with Crippen molar-refractivity contribution in [1.82, 2.24) is 36.3 Å². The lowest BCUT2D eigenvalue weighted by Gasteiger charge is -2.40. The van der Waals surface area contributed by atoms with E-state index in [0.29, 0.717) is 37.4 Å². The molecule has 1 saturated heterocycles. The maximum absolute atomic E-state index is 14.8. The van der Waals surface area contributed by atoms with Crippen LogP contribution in [0.25, 0.3) is 10.4 Å². The number of carbonyl (C=O) groups excluding carboxylic acids is 5. The Labute approximate surface area is 411 Å². The second-order valence-corrected chi connectivity index (χ2v) is 18.9. The second kappa shape index (κ2) is 32.0. The molecule has 2 heterocycles. The summed E-state index contributed by atoms with van der Waals surface area (Å²) in [6.07, 6.45) is 4.46. The molecule has 0 radical (unpaired) electrons. The van der Waals surface area contributed by atoms with E-state index in [0.717, 1.165) is 44.2 Å². The number of carbonyl (C=O) groups is 5. The van der Waals surface area contributed by atoms with Gasteiger partial charge < -0.3 is 39.6 Å². The first kappa shape index (κ1) is 58.3. The number of amides is 5. The van der Waals surface area contributed by atoms with E-state index in [-0.39, 0.29) is 93.2 Å². The van der Waals surface area contributed by atoms with Crippen molar-refractivity contribution in [2.24, 2.45) is 22.9 Å². The van der Waals surface area contributed by atoms with Crippen molar-refractivity contribution in [2.75, 3.05) is 66.3 Å². The number of aromatic hydroxyl groups is 1. The molecule has 69 heavy (non-hydrogen) atoms. The van der Waals surface area contributed by atoms with Crippen LogP contribution in [-0.4, -0.2) is 140 Å². The van der Waals surface area contributed by atoms with Crippen molar-refractivity contribution in [3.63, 3.8) is 0 Å². The van der Waals surface area contributed by atoms with E-state index in [1.54, 1.807) is 36.6 Å². The van der Waals surface area contributed by atoms with Crippen LogP contribution in [0.2, 0.25) is 0 Å². The van der Waals surface area contributed by atoms with Crippen LogP contribution in [0.15, 0.2) is 34.8 Å². The molecule has 20 nitrogen and oxygen atoms in total. The SMILES string of the molecule is CCCO[C@H](C[C@H](C(C)C)N(CCC)C(=O)[C@@H](NC(=O)[C@H]1CCCCN1C)[C@@H](C)CC)c1nc(C(=O)NC(Cc2ccc(O)cc2)C[C@H](C)C(=O)NNC(=O)OCCOCCOCCN=[N+]=[N-])cs1. The third-order valence-electron chi connectivity index (χ3n) is 12.1. The van der Waals surface area contributed by atoms with Crippen molar-refractivity contribution in [1.29, 1.82) is 0 Å². The minimum atomic E-state index is -0.884. The van der Waals surface area contributed by atoms with Crippen LogP contribution in [-0.2, 0) is 39.8 Å². The lowest BCUT2D eigenvalue weighted by Crippen LogP contribution is -2.58. The standard InChI is InChI=1S/C48H78N10O10S/c1-9-20-58(47(63)42(33(6)11-3)53-45(62)39-14-12-13-21-57(39)8)40(32(4)5)30-41(67-22-10-2)46-52-38(31-69-46)44(61)51-36(29-35-15-17-37(59)18-16-35)28-34(7)43(60)54-55-48(64)68-27-26-66-25-24-65-23-19-50-56-49/h15-18,31-34,36,39-42,59H,9-14,19-30H2,1-8H3,(H,51,61)(H,53,62)(H,54,60)(H,55,64)/t33-,34-,36?,39+,40+,41+,42-/m0/s1. The second-order valence-electron chi connectivity index (χ2n) is 18.0. The number of piperidine rings is 1. The molecular formula is C48H78N10O10S. The number of ether oxygens (including phenoxy) is 4. The van der Waals surface area contributed by atoms with E-state index < -0.39 is 42.0 Å². The fraction of sp³-hybridized carbons (Fsp3) is 0.708. The maximum Gasteiger partial charge on any atom is 0.426 e. The van der Waals surface area contributed by atoms with Crippen LogP contribution in [0.3, 0.4) is 0 Å². The molecule has 21 heteroatoms. The Kier molecular flexibility index (Phi) is 27.0. The van der Waals surface area contributed by atoms with E-state index in [1.807, 2.05) is 39.6 Å². The van der Waals surface area contributed by atoms with Crippen molar-refractivity contribution in [2.45, 2.75) is 137 Å². The average molecular weight is 987 g/mol. The van der Waals surface area contributed by atoms with Crippen LogP contribution >= 0.6 is 11.3 Å². The summed E-state index contributed by atoms with van der Waals surface area (Å²) in [4.78, 5) is 79.3. The Balaban J connectivity index is 1.73. The van der Waals surface area contributed by atoms with Crippen LogP contribution in [0, 0.1) is 17.8 Å². The molecule has 5 N–H and O–H groups in total. The van der Waals surface area contributed by atoms with Gasteiger partial charge in [-0.15, -0.1) is 11.3 Å². The predicted octanol–water partition coefficient (Wildman–Crippen LogP) is 6.45. The van der Waals surface area contributed by atoms with Crippen molar-refractivity contribution in [3.05, 3.63) is 56.4 Å². The number of hydrogen-bond acceptors (Lipinski definition) is 14. The van der Waals surface area contributed by atoms with E-state index in [9.17, 15) is 29.1 Å². The zero-order chi connectivity index (χ0) is 50.7. The Morgan fingerprint density at radius 1 is 0.942 bits per heavy atom. The Morgan fingerprint density at radius 3 is 2.30 bits per heavy atom. The number of phenolic OH excluding ortho intramolecular Hbond substituents is 1. The molecule has 5 amide bonds. The lowest BCUT2D eigenvalue weighted by atomic mass is 9.92. The molecule has 3 rings (SSSR count). The lowest BCUT2D eigenvalue weighted by molar-refractivity contribution is -0.143. The summed E-state index contributed by atoms with van der Waals surface area (Å²) in [5.41, 5.74) is 13.9. The Morgan fingerprint density at radius 2 is 1.65 bits per heavy atom. The number of hydrogen-bond donors (Lipinski definition) is 5. The molecule has 0 bridgehead atoms. The highest BCUT2D eigenvalue weighted by Gasteiger charge is 2.38. The number of likely N-dealkylation sites (tertiary alicyclic amines) is 1. The van der Waals surface area contributed by atoms with Crippen LogP contribution in [0.1, 0.15) is 127 Å². The largest absolute Gasteiger partial charge is 0.508 e. The molecule has 1 aliphatic rings. The molecule has 2 aromatic rings. The zero-order valence-electron chi connectivity index (χ0n) is 41.9. The molecule has 1 aromatic heterocycles. The predicted molar refractivity (Wildman–Crippen MR) is 263 cm³/mol. The molecule has 1 aromatic carbocycles. The normalized spacial score (nSPS) is 16.5. The molecule has 7 atom stereocenters. The van der Waals surface area contributed by atoms with Gasteiger partial charge in [0.15, 0.2) is 0 Å². The van der Waals surface area contributed by atoms with Gasteiger partial charge in [-0.1, -0.05) is 78.6 Å². The van der Waals surface area contributed by atoms with Gasteiger partial charge in [0.1, 0.15) is 35.2 Å². The number of nitrogens with one attached hydrogen (secondary N) is 4. The summed E-state index contributed by atoms with van der Waals surface area (Å²) < 4.78 is 22.1. The first-order valence-electron chi connectivity index (χ1n) is 24.5. The average Bonchev–Trinajstić information content (AvgIpc) is 3.83. The molecule has 386 valence electrons. The van der Waals surface area contributed by atoms with Gasteiger partial charge in [-0.05, 0) is 87.2 Å². The van der Waals surface area contributed by atoms with Crippen LogP contribution in [0.5, 0.6) is 5.75 Å². The van der Waals surface area contributed by atoms with Gasteiger partial charge in [0.25, 0.3) is 5.91 Å². The molecule has 1 aliphatic heterocycles. The fourth-order valence-corrected chi connectivity index (χ4v) is 8.92. The van der Waals surface area contributed by atoms with Gasteiger partial charge in [-0.2, -0.15) is 0 Å². The van der Waals surface area contributed by atoms with E-state index in [4.69, 9.17) is 29.5 Å². The number of phenols is 1. The smallest absolute Gasteiger partial charge is 0.426 e. The molecule has 1 fully saturated rings. The van der Waals surface area contributed by atoms with Gasteiger partial charge in [0, 0.05) is 54.4 Å².